The van der Waals surface area contributed by atoms with Crippen LogP contribution in [0.1, 0.15) is 43.2 Å². The molecule has 2 rings (SSSR count). The lowest BCUT2D eigenvalue weighted by Crippen LogP contribution is -2.40. The van der Waals surface area contributed by atoms with Crippen LogP contribution in [0.3, 0.4) is 0 Å². The molecule has 0 aliphatic heterocycles. The van der Waals surface area contributed by atoms with Gasteiger partial charge in [0.15, 0.2) is 0 Å². The molecule has 0 amide bonds. The van der Waals surface area contributed by atoms with Crippen molar-refractivity contribution in [1.82, 2.24) is 5.32 Å². The molecule has 0 aromatic heterocycles. The summed E-state index contributed by atoms with van der Waals surface area (Å²) >= 11 is 0. The van der Waals surface area contributed by atoms with Crippen molar-refractivity contribution in [1.29, 1.82) is 0 Å². The standard InChI is InChI=1S/C16H25NO/c1-12-9-10-14(11-13(12)2)18-16-8-6-4-5-7-15(16)17-3/h9-11,15-17H,4-8H2,1-3H3. The van der Waals surface area contributed by atoms with E-state index in [0.717, 1.165) is 5.75 Å². The second kappa shape index (κ2) is 6.24. The van der Waals surface area contributed by atoms with Gasteiger partial charge in [-0.3, -0.25) is 0 Å². The Morgan fingerprint density at radius 1 is 1.06 bits per heavy atom. The predicted octanol–water partition coefficient (Wildman–Crippen LogP) is 3.60. The lowest BCUT2D eigenvalue weighted by molar-refractivity contribution is 0.149. The Kier molecular flexibility index (Phi) is 4.65. The maximum atomic E-state index is 6.21. The van der Waals surface area contributed by atoms with Gasteiger partial charge in [0.2, 0.25) is 0 Å². The summed E-state index contributed by atoms with van der Waals surface area (Å²) in [6.45, 7) is 4.28. The molecule has 2 heteroatoms. The third-order valence-electron chi connectivity index (χ3n) is 4.09. The Bertz CT molecular complexity index is 389. The molecule has 1 fully saturated rings. The number of aryl methyl sites for hydroxylation is 2. The average molecular weight is 247 g/mol. The van der Waals surface area contributed by atoms with Crippen LogP contribution in [0.5, 0.6) is 5.75 Å². The SMILES string of the molecule is CNC1CCCCCC1Oc1ccc(C)c(C)c1. The van der Waals surface area contributed by atoms with Crippen LogP contribution < -0.4 is 10.1 Å². The van der Waals surface area contributed by atoms with Crippen LogP contribution in [-0.4, -0.2) is 19.2 Å². The molecule has 1 aromatic rings. The molecule has 0 saturated heterocycles. The molecule has 1 aliphatic rings. The Labute approximate surface area is 111 Å². The predicted molar refractivity (Wildman–Crippen MR) is 76.3 cm³/mol. The fraction of sp³-hybridized carbons (Fsp3) is 0.625. The minimum atomic E-state index is 0.319. The molecule has 1 N–H and O–H groups in total. The Morgan fingerprint density at radius 2 is 1.83 bits per heavy atom. The molecule has 2 nitrogen and oxygen atoms in total. The second-order valence-corrected chi connectivity index (χ2v) is 5.44. The van der Waals surface area contributed by atoms with Gasteiger partial charge in [0, 0.05) is 6.04 Å². The van der Waals surface area contributed by atoms with Gasteiger partial charge in [0.05, 0.1) is 0 Å². The molecule has 0 heterocycles. The van der Waals surface area contributed by atoms with Gasteiger partial charge in [0.1, 0.15) is 11.9 Å². The summed E-state index contributed by atoms with van der Waals surface area (Å²) < 4.78 is 6.21. The van der Waals surface area contributed by atoms with Gasteiger partial charge in [-0.2, -0.15) is 0 Å². The number of rotatable bonds is 3. The highest BCUT2D eigenvalue weighted by Gasteiger charge is 2.23. The molecule has 0 radical (unpaired) electrons. The first-order valence-electron chi connectivity index (χ1n) is 7.12. The van der Waals surface area contributed by atoms with E-state index >= 15 is 0 Å². The highest BCUT2D eigenvalue weighted by atomic mass is 16.5. The van der Waals surface area contributed by atoms with Gasteiger partial charge in [-0.1, -0.05) is 18.9 Å². The number of benzene rings is 1. The van der Waals surface area contributed by atoms with E-state index in [9.17, 15) is 0 Å². The van der Waals surface area contributed by atoms with Crippen molar-refractivity contribution in [3.05, 3.63) is 29.3 Å². The van der Waals surface area contributed by atoms with Gasteiger partial charge in [-0.25, -0.2) is 0 Å². The number of hydrogen-bond donors (Lipinski definition) is 1. The van der Waals surface area contributed by atoms with Crippen molar-refractivity contribution >= 4 is 0 Å². The van der Waals surface area contributed by atoms with Gasteiger partial charge in [-0.05, 0) is 63.4 Å². The summed E-state index contributed by atoms with van der Waals surface area (Å²) in [6, 6.07) is 6.90. The van der Waals surface area contributed by atoms with Crippen LogP contribution in [0.25, 0.3) is 0 Å². The van der Waals surface area contributed by atoms with Gasteiger partial charge >= 0.3 is 0 Å². The maximum absolute atomic E-state index is 6.21. The van der Waals surface area contributed by atoms with Crippen LogP contribution in [0, 0.1) is 13.8 Å². The van der Waals surface area contributed by atoms with Crippen molar-refractivity contribution in [3.63, 3.8) is 0 Å². The fourth-order valence-corrected chi connectivity index (χ4v) is 2.71. The molecule has 18 heavy (non-hydrogen) atoms. The Balaban J connectivity index is 2.07. The molecule has 2 atom stereocenters. The molecule has 0 spiro atoms. The summed E-state index contributed by atoms with van der Waals surface area (Å²) in [7, 11) is 2.05. The smallest absolute Gasteiger partial charge is 0.120 e. The van der Waals surface area contributed by atoms with E-state index in [4.69, 9.17) is 4.74 Å². The number of nitrogens with one attached hydrogen (secondary N) is 1. The molecule has 1 aliphatic carbocycles. The summed E-state index contributed by atoms with van der Waals surface area (Å²) in [5.74, 6) is 1.02. The third-order valence-corrected chi connectivity index (χ3v) is 4.09. The zero-order chi connectivity index (χ0) is 13.0. The average Bonchev–Trinajstić information content (AvgIpc) is 2.59. The van der Waals surface area contributed by atoms with Crippen molar-refractivity contribution in [2.24, 2.45) is 0 Å². The molecule has 2 unspecified atom stereocenters. The van der Waals surface area contributed by atoms with E-state index in [2.05, 4.69) is 37.4 Å². The van der Waals surface area contributed by atoms with Gasteiger partial charge in [-0.15, -0.1) is 0 Å². The zero-order valence-corrected chi connectivity index (χ0v) is 11.8. The highest BCUT2D eigenvalue weighted by Crippen LogP contribution is 2.24. The first kappa shape index (κ1) is 13.4. The van der Waals surface area contributed by atoms with Crippen LogP contribution in [-0.2, 0) is 0 Å². The maximum Gasteiger partial charge on any atom is 0.120 e. The van der Waals surface area contributed by atoms with Crippen LogP contribution in [0.4, 0.5) is 0 Å². The molecule has 0 bridgehead atoms. The summed E-state index contributed by atoms with van der Waals surface area (Å²) in [5.41, 5.74) is 2.63. The summed E-state index contributed by atoms with van der Waals surface area (Å²) in [4.78, 5) is 0. The van der Waals surface area contributed by atoms with Crippen LogP contribution >= 0.6 is 0 Å². The molecule has 1 saturated carbocycles. The second-order valence-electron chi connectivity index (χ2n) is 5.44. The zero-order valence-electron chi connectivity index (χ0n) is 11.8. The normalized spacial score (nSPS) is 24.6. The molecule has 100 valence electrons. The first-order chi connectivity index (χ1) is 8.70. The van der Waals surface area contributed by atoms with Crippen LogP contribution in [0.2, 0.25) is 0 Å². The van der Waals surface area contributed by atoms with E-state index in [1.165, 1.54) is 43.2 Å². The van der Waals surface area contributed by atoms with Crippen molar-refractivity contribution < 1.29 is 4.74 Å². The number of ether oxygens (including phenoxy) is 1. The monoisotopic (exact) mass is 247 g/mol. The lowest BCUT2D eigenvalue weighted by Gasteiger charge is -2.26. The van der Waals surface area contributed by atoms with Gasteiger partial charge < -0.3 is 10.1 Å². The summed E-state index contributed by atoms with van der Waals surface area (Å²) in [5, 5.41) is 3.42. The summed E-state index contributed by atoms with van der Waals surface area (Å²) in [6.07, 6.45) is 6.65. The minimum absolute atomic E-state index is 0.319. The topological polar surface area (TPSA) is 21.3 Å². The van der Waals surface area contributed by atoms with Crippen molar-refractivity contribution in [2.45, 2.75) is 58.1 Å². The molecule has 1 aromatic carbocycles. The number of likely N-dealkylation sites (N-methyl/N-ethyl adjacent to an activating group) is 1. The number of hydrogen-bond acceptors (Lipinski definition) is 2. The molecular formula is C16H25NO. The third kappa shape index (κ3) is 3.26. The van der Waals surface area contributed by atoms with Gasteiger partial charge in [0.25, 0.3) is 0 Å². The van der Waals surface area contributed by atoms with E-state index in [1.807, 2.05) is 7.05 Å². The van der Waals surface area contributed by atoms with E-state index in [1.54, 1.807) is 0 Å². The fourth-order valence-electron chi connectivity index (χ4n) is 2.71. The van der Waals surface area contributed by atoms with E-state index in [-0.39, 0.29) is 0 Å². The largest absolute Gasteiger partial charge is 0.489 e. The quantitative estimate of drug-likeness (QED) is 0.824. The van der Waals surface area contributed by atoms with Crippen LogP contribution in [0.15, 0.2) is 18.2 Å². The minimum Gasteiger partial charge on any atom is -0.489 e. The first-order valence-corrected chi connectivity index (χ1v) is 7.12. The Hall–Kier alpha value is -1.02. The Morgan fingerprint density at radius 3 is 2.56 bits per heavy atom. The highest BCUT2D eigenvalue weighted by molar-refractivity contribution is 5.34. The van der Waals surface area contributed by atoms with E-state index in [0.29, 0.717) is 12.1 Å². The van der Waals surface area contributed by atoms with Crippen molar-refractivity contribution in [3.8, 4) is 5.75 Å². The van der Waals surface area contributed by atoms with Crippen molar-refractivity contribution in [2.75, 3.05) is 7.05 Å². The molecular weight excluding hydrogens is 222 g/mol. The lowest BCUT2D eigenvalue weighted by atomic mass is 10.1. The van der Waals surface area contributed by atoms with E-state index < -0.39 is 0 Å².